The summed E-state index contributed by atoms with van der Waals surface area (Å²) in [6, 6.07) is 6.95. The minimum absolute atomic E-state index is 0.101. The zero-order valence-electron chi connectivity index (χ0n) is 24.7. The van der Waals surface area contributed by atoms with Crippen LogP contribution in [0.15, 0.2) is 18.2 Å². The maximum absolute atomic E-state index is 12.4. The quantitative estimate of drug-likeness (QED) is 0.359. The number of ether oxygens (including phenoxy) is 1. The Kier molecular flexibility index (Phi) is 9.46. The lowest BCUT2D eigenvalue weighted by Crippen LogP contribution is -2.52. The summed E-state index contributed by atoms with van der Waals surface area (Å²) in [5.41, 5.74) is 8.34. The Balaban J connectivity index is 1.31. The number of carbonyl (C=O) groups is 1. The van der Waals surface area contributed by atoms with Crippen LogP contribution in [0.4, 0.5) is 23.0 Å². The number of benzene rings is 1. The van der Waals surface area contributed by atoms with Gasteiger partial charge in [-0.25, -0.2) is 9.97 Å². The Hall–Kier alpha value is -3.15. The van der Waals surface area contributed by atoms with Crippen LogP contribution in [-0.4, -0.2) is 102 Å². The Morgan fingerprint density at radius 2 is 1.73 bits per heavy atom. The largest absolute Gasteiger partial charge is 0.494 e. The number of hydrogen-bond donors (Lipinski definition) is 4. The van der Waals surface area contributed by atoms with E-state index in [1.807, 2.05) is 19.1 Å². The van der Waals surface area contributed by atoms with E-state index >= 15 is 0 Å². The number of hydrogen-bond acceptors (Lipinski definition) is 10. The van der Waals surface area contributed by atoms with Crippen molar-refractivity contribution in [2.45, 2.75) is 70.1 Å². The SMILES string of the molecule is CCc1nc(C(N)=O)c(Nc2ccc(N3CCC(N4CCN(C)CC4)CC3)cc2OC)nc1NC1CCC(O)CC1. The van der Waals surface area contributed by atoms with E-state index in [0.717, 1.165) is 83.5 Å². The Morgan fingerprint density at radius 1 is 1.02 bits per heavy atom. The number of piperidine rings is 1. The van der Waals surface area contributed by atoms with Gasteiger partial charge in [-0.2, -0.15) is 0 Å². The topological polar surface area (TPSA) is 132 Å². The zero-order chi connectivity index (χ0) is 28.9. The molecule has 224 valence electrons. The second kappa shape index (κ2) is 13.2. The van der Waals surface area contributed by atoms with Crippen molar-refractivity contribution < 1.29 is 14.6 Å². The molecule has 0 atom stereocenters. The van der Waals surface area contributed by atoms with Gasteiger partial charge in [-0.05, 0) is 64.1 Å². The van der Waals surface area contributed by atoms with E-state index < -0.39 is 5.91 Å². The first kappa shape index (κ1) is 29.3. The molecule has 11 nitrogen and oxygen atoms in total. The molecule has 1 aromatic carbocycles. The van der Waals surface area contributed by atoms with Gasteiger partial charge in [0.05, 0.1) is 24.6 Å². The van der Waals surface area contributed by atoms with Gasteiger partial charge in [-0.3, -0.25) is 9.69 Å². The van der Waals surface area contributed by atoms with Gasteiger partial charge in [0.15, 0.2) is 11.5 Å². The molecule has 0 radical (unpaired) electrons. The average molecular weight is 567 g/mol. The molecular weight excluding hydrogens is 520 g/mol. The molecule has 3 aliphatic rings. The molecule has 5 rings (SSSR count). The number of amides is 1. The van der Waals surface area contributed by atoms with E-state index in [2.05, 4.69) is 43.4 Å². The third-order valence-electron chi connectivity index (χ3n) is 8.90. The van der Waals surface area contributed by atoms with Gasteiger partial charge in [-0.15, -0.1) is 0 Å². The Morgan fingerprint density at radius 3 is 2.37 bits per heavy atom. The number of likely N-dealkylation sites (N-methyl/N-ethyl adjacent to an activating group) is 1. The number of nitrogens with zero attached hydrogens (tertiary/aromatic N) is 5. The van der Waals surface area contributed by atoms with Crippen LogP contribution in [-0.2, 0) is 6.42 Å². The molecule has 0 unspecified atom stereocenters. The lowest BCUT2D eigenvalue weighted by Gasteiger charge is -2.42. The maximum Gasteiger partial charge on any atom is 0.271 e. The normalized spacial score (nSPS) is 22.9. The summed E-state index contributed by atoms with van der Waals surface area (Å²) in [4.78, 5) is 29.3. The smallest absolute Gasteiger partial charge is 0.271 e. The van der Waals surface area contributed by atoms with Gasteiger partial charge < -0.3 is 36.0 Å². The molecular formula is C30H46N8O3. The number of anilines is 4. The third kappa shape index (κ3) is 7.02. The minimum Gasteiger partial charge on any atom is -0.494 e. The van der Waals surface area contributed by atoms with Crippen molar-refractivity contribution in [3.8, 4) is 5.75 Å². The van der Waals surface area contributed by atoms with Crippen molar-refractivity contribution in [2.75, 3.05) is 69.0 Å². The molecule has 2 aromatic rings. The molecule has 1 aromatic heterocycles. The molecule has 3 fully saturated rings. The Bertz CT molecular complexity index is 1190. The fourth-order valence-electron chi connectivity index (χ4n) is 6.29. The summed E-state index contributed by atoms with van der Waals surface area (Å²) in [5, 5.41) is 16.7. The number of piperazine rings is 1. The van der Waals surface area contributed by atoms with Crippen molar-refractivity contribution in [3.05, 3.63) is 29.6 Å². The molecule has 1 amide bonds. The molecule has 2 saturated heterocycles. The van der Waals surface area contributed by atoms with Gasteiger partial charge in [0, 0.05) is 63.1 Å². The van der Waals surface area contributed by atoms with Crippen LogP contribution >= 0.6 is 0 Å². The number of aliphatic hydroxyl groups excluding tert-OH is 1. The van der Waals surface area contributed by atoms with Crippen LogP contribution in [0.25, 0.3) is 0 Å². The number of nitrogens with two attached hydrogens (primary N) is 1. The number of aliphatic hydroxyl groups is 1. The highest BCUT2D eigenvalue weighted by atomic mass is 16.5. The molecule has 1 saturated carbocycles. The van der Waals surface area contributed by atoms with Crippen molar-refractivity contribution >= 4 is 28.9 Å². The second-order valence-electron chi connectivity index (χ2n) is 11.7. The second-order valence-corrected chi connectivity index (χ2v) is 11.7. The fraction of sp³-hybridized carbons (Fsp3) is 0.633. The molecule has 0 spiro atoms. The summed E-state index contributed by atoms with van der Waals surface area (Å²) in [6.07, 6.45) is 5.91. The van der Waals surface area contributed by atoms with E-state index in [1.54, 1.807) is 7.11 Å². The van der Waals surface area contributed by atoms with Crippen LogP contribution in [0.1, 0.15) is 61.6 Å². The van der Waals surface area contributed by atoms with Crippen molar-refractivity contribution in [3.63, 3.8) is 0 Å². The maximum atomic E-state index is 12.4. The molecule has 11 heteroatoms. The highest BCUT2D eigenvalue weighted by Crippen LogP contribution is 2.35. The van der Waals surface area contributed by atoms with E-state index in [-0.39, 0.29) is 17.8 Å². The van der Waals surface area contributed by atoms with E-state index in [0.29, 0.717) is 41.2 Å². The van der Waals surface area contributed by atoms with E-state index in [1.165, 1.54) is 0 Å². The molecule has 3 heterocycles. The number of aryl methyl sites for hydroxylation is 1. The van der Waals surface area contributed by atoms with Crippen LogP contribution in [0.5, 0.6) is 5.75 Å². The number of nitrogens with one attached hydrogen (secondary N) is 2. The first-order chi connectivity index (χ1) is 19.8. The highest BCUT2D eigenvalue weighted by Gasteiger charge is 2.28. The van der Waals surface area contributed by atoms with Crippen molar-refractivity contribution in [1.82, 2.24) is 19.8 Å². The van der Waals surface area contributed by atoms with Crippen LogP contribution in [0, 0.1) is 0 Å². The van der Waals surface area contributed by atoms with Crippen LogP contribution in [0.3, 0.4) is 0 Å². The van der Waals surface area contributed by atoms with E-state index in [4.69, 9.17) is 15.5 Å². The predicted molar refractivity (Wildman–Crippen MR) is 162 cm³/mol. The fourth-order valence-corrected chi connectivity index (χ4v) is 6.29. The number of rotatable bonds is 9. The lowest BCUT2D eigenvalue weighted by molar-refractivity contribution is 0.0982. The van der Waals surface area contributed by atoms with Gasteiger partial charge in [0.2, 0.25) is 0 Å². The summed E-state index contributed by atoms with van der Waals surface area (Å²) in [5.74, 6) is 0.962. The van der Waals surface area contributed by atoms with Gasteiger partial charge in [0.25, 0.3) is 5.91 Å². The standard InChI is InChI=1S/C30H46N8O3/c1-4-24-29(32-20-5-8-23(39)9-6-20)35-30(27(33-24)28(31)40)34-25-10-7-22(19-26(25)41-3)37-13-11-21(12-14-37)38-17-15-36(2)16-18-38/h7,10,19-21,23,39H,4-6,8-9,11-18H2,1-3H3,(H2,31,40)(H2,32,34,35). The van der Waals surface area contributed by atoms with Crippen LogP contribution < -0.4 is 26.0 Å². The summed E-state index contributed by atoms with van der Waals surface area (Å²) >= 11 is 0. The molecule has 5 N–H and O–H groups in total. The van der Waals surface area contributed by atoms with E-state index in [9.17, 15) is 9.90 Å². The minimum atomic E-state index is -0.638. The number of methoxy groups -OCH3 is 1. The van der Waals surface area contributed by atoms with Gasteiger partial charge in [0.1, 0.15) is 11.6 Å². The predicted octanol–water partition coefficient (Wildman–Crippen LogP) is 2.82. The molecule has 2 aliphatic heterocycles. The molecule has 1 aliphatic carbocycles. The van der Waals surface area contributed by atoms with Crippen LogP contribution in [0.2, 0.25) is 0 Å². The van der Waals surface area contributed by atoms with Gasteiger partial charge >= 0.3 is 0 Å². The first-order valence-electron chi connectivity index (χ1n) is 15.1. The summed E-state index contributed by atoms with van der Waals surface area (Å²) < 4.78 is 5.78. The van der Waals surface area contributed by atoms with Crippen molar-refractivity contribution in [1.29, 1.82) is 0 Å². The lowest BCUT2D eigenvalue weighted by atomic mass is 9.93. The highest BCUT2D eigenvalue weighted by molar-refractivity contribution is 5.97. The monoisotopic (exact) mass is 566 g/mol. The number of primary amides is 1. The Labute approximate surface area is 243 Å². The number of carbonyl (C=O) groups excluding carboxylic acids is 1. The first-order valence-corrected chi connectivity index (χ1v) is 15.1. The van der Waals surface area contributed by atoms with Gasteiger partial charge in [-0.1, -0.05) is 6.92 Å². The zero-order valence-corrected chi connectivity index (χ0v) is 24.7. The van der Waals surface area contributed by atoms with Crippen molar-refractivity contribution in [2.24, 2.45) is 5.73 Å². The summed E-state index contributed by atoms with van der Waals surface area (Å²) in [7, 11) is 3.85. The molecule has 0 bridgehead atoms. The average Bonchev–Trinajstić information content (AvgIpc) is 2.99. The number of aromatic nitrogens is 2. The third-order valence-corrected chi connectivity index (χ3v) is 8.90. The summed E-state index contributed by atoms with van der Waals surface area (Å²) in [6.45, 7) is 8.62. The molecule has 41 heavy (non-hydrogen) atoms.